The van der Waals surface area contributed by atoms with Crippen LogP contribution in [0.15, 0.2) is 6.07 Å². The molecule has 0 radical (unpaired) electrons. The van der Waals surface area contributed by atoms with Crippen molar-refractivity contribution in [1.29, 1.82) is 0 Å². The van der Waals surface area contributed by atoms with Crippen molar-refractivity contribution in [3.05, 3.63) is 28.3 Å². The van der Waals surface area contributed by atoms with E-state index in [1.54, 1.807) is 7.11 Å². The Morgan fingerprint density at radius 2 is 2.13 bits per heavy atom. The summed E-state index contributed by atoms with van der Waals surface area (Å²) in [6, 6.07) is 2.43. The molecular weight excluding hydrogens is 186 g/mol. The van der Waals surface area contributed by atoms with Gasteiger partial charge in [-0.1, -0.05) is 6.07 Å². The molecule has 1 aliphatic carbocycles. The van der Waals surface area contributed by atoms with Gasteiger partial charge >= 0.3 is 0 Å². The number of aryl methyl sites for hydroxylation is 2. The minimum atomic E-state index is 0.197. The molecule has 2 rings (SSSR count). The molecule has 0 bridgehead atoms. The van der Waals surface area contributed by atoms with E-state index in [1.165, 1.54) is 28.7 Å². The summed E-state index contributed by atoms with van der Waals surface area (Å²) in [6.07, 6.45) is 3.47. The van der Waals surface area contributed by atoms with E-state index in [9.17, 15) is 0 Å². The molecule has 1 atom stereocenters. The summed E-state index contributed by atoms with van der Waals surface area (Å²) in [5.41, 5.74) is 11.4. The molecule has 0 amide bonds. The van der Waals surface area contributed by atoms with E-state index < -0.39 is 0 Å². The van der Waals surface area contributed by atoms with E-state index in [0.29, 0.717) is 0 Å². The maximum absolute atomic E-state index is 6.17. The number of rotatable bonds is 1. The van der Waals surface area contributed by atoms with Crippen LogP contribution >= 0.6 is 0 Å². The minimum Gasteiger partial charge on any atom is -0.496 e. The van der Waals surface area contributed by atoms with Crippen LogP contribution in [0, 0.1) is 13.8 Å². The van der Waals surface area contributed by atoms with Crippen molar-refractivity contribution in [1.82, 2.24) is 0 Å². The molecule has 0 aliphatic heterocycles. The van der Waals surface area contributed by atoms with Crippen LogP contribution in [0.25, 0.3) is 0 Å². The topological polar surface area (TPSA) is 35.2 Å². The Morgan fingerprint density at radius 3 is 2.80 bits per heavy atom. The first kappa shape index (κ1) is 10.5. The Bertz CT molecular complexity index is 385. The third kappa shape index (κ3) is 1.63. The van der Waals surface area contributed by atoms with Crippen molar-refractivity contribution in [2.45, 2.75) is 39.2 Å². The third-order valence-electron chi connectivity index (χ3n) is 3.38. The second kappa shape index (κ2) is 3.86. The monoisotopic (exact) mass is 205 g/mol. The molecule has 0 unspecified atom stereocenters. The van der Waals surface area contributed by atoms with Gasteiger partial charge in [-0.25, -0.2) is 0 Å². The molecule has 15 heavy (non-hydrogen) atoms. The molecular formula is C13H19NO. The van der Waals surface area contributed by atoms with Crippen LogP contribution in [-0.2, 0) is 6.42 Å². The van der Waals surface area contributed by atoms with Crippen molar-refractivity contribution in [3.63, 3.8) is 0 Å². The maximum Gasteiger partial charge on any atom is 0.125 e. The van der Waals surface area contributed by atoms with Gasteiger partial charge in [0.05, 0.1) is 7.11 Å². The fourth-order valence-corrected chi connectivity index (χ4v) is 2.76. The highest BCUT2D eigenvalue weighted by Gasteiger charge is 2.22. The van der Waals surface area contributed by atoms with Crippen LogP contribution in [0.1, 0.15) is 41.1 Å². The van der Waals surface area contributed by atoms with Gasteiger partial charge < -0.3 is 10.5 Å². The number of fused-ring (bicyclic) bond motifs is 1. The summed E-state index contributed by atoms with van der Waals surface area (Å²) in [6.45, 7) is 4.22. The molecule has 0 saturated carbocycles. The third-order valence-corrected chi connectivity index (χ3v) is 3.38. The minimum absolute atomic E-state index is 0.197. The molecule has 2 nitrogen and oxygen atoms in total. The van der Waals surface area contributed by atoms with Gasteiger partial charge in [0.15, 0.2) is 0 Å². The lowest BCUT2D eigenvalue weighted by molar-refractivity contribution is 0.405. The predicted octanol–water partition coefficient (Wildman–Crippen LogP) is 2.65. The van der Waals surface area contributed by atoms with Crippen molar-refractivity contribution in [2.24, 2.45) is 5.73 Å². The van der Waals surface area contributed by atoms with Crippen molar-refractivity contribution in [3.8, 4) is 5.75 Å². The van der Waals surface area contributed by atoms with Crippen LogP contribution in [0.4, 0.5) is 0 Å². The molecule has 1 aromatic rings. The zero-order valence-electron chi connectivity index (χ0n) is 9.76. The zero-order valence-corrected chi connectivity index (χ0v) is 9.76. The van der Waals surface area contributed by atoms with Gasteiger partial charge in [0.2, 0.25) is 0 Å². The Morgan fingerprint density at radius 1 is 1.40 bits per heavy atom. The Kier molecular flexibility index (Phi) is 2.70. The van der Waals surface area contributed by atoms with Crippen molar-refractivity contribution >= 4 is 0 Å². The molecule has 82 valence electrons. The second-order valence-electron chi connectivity index (χ2n) is 4.42. The predicted molar refractivity (Wildman–Crippen MR) is 62.3 cm³/mol. The van der Waals surface area contributed by atoms with E-state index in [4.69, 9.17) is 10.5 Å². The van der Waals surface area contributed by atoms with E-state index in [1.807, 2.05) is 0 Å². The zero-order chi connectivity index (χ0) is 11.0. The summed E-state index contributed by atoms with van der Waals surface area (Å²) in [5, 5.41) is 0. The van der Waals surface area contributed by atoms with Crippen LogP contribution in [-0.4, -0.2) is 7.11 Å². The van der Waals surface area contributed by atoms with E-state index >= 15 is 0 Å². The average Bonchev–Trinajstić information content (AvgIpc) is 2.17. The van der Waals surface area contributed by atoms with Gasteiger partial charge in [-0.05, 0) is 55.4 Å². The van der Waals surface area contributed by atoms with Crippen molar-refractivity contribution in [2.75, 3.05) is 7.11 Å². The number of methoxy groups -OCH3 is 1. The summed E-state index contributed by atoms with van der Waals surface area (Å²) in [5.74, 6) is 1.01. The van der Waals surface area contributed by atoms with E-state index in [-0.39, 0.29) is 6.04 Å². The first-order chi connectivity index (χ1) is 7.15. The van der Waals surface area contributed by atoms with Crippen LogP contribution < -0.4 is 10.5 Å². The van der Waals surface area contributed by atoms with Gasteiger partial charge in [0.1, 0.15) is 5.75 Å². The summed E-state index contributed by atoms with van der Waals surface area (Å²) in [7, 11) is 1.73. The van der Waals surface area contributed by atoms with Crippen molar-refractivity contribution < 1.29 is 4.74 Å². The molecule has 0 spiro atoms. The SMILES string of the molecule is COc1c(C)cc2c(c1C)[C@H](N)CCC2. The van der Waals surface area contributed by atoms with Gasteiger partial charge in [0, 0.05) is 6.04 Å². The van der Waals surface area contributed by atoms with Crippen LogP contribution in [0.5, 0.6) is 5.75 Å². The van der Waals surface area contributed by atoms with Gasteiger partial charge in [-0.2, -0.15) is 0 Å². The van der Waals surface area contributed by atoms with Crippen LogP contribution in [0.2, 0.25) is 0 Å². The number of ether oxygens (including phenoxy) is 1. The molecule has 1 aliphatic rings. The highest BCUT2D eigenvalue weighted by molar-refractivity contribution is 5.51. The highest BCUT2D eigenvalue weighted by Crippen LogP contribution is 2.37. The summed E-state index contributed by atoms with van der Waals surface area (Å²) >= 11 is 0. The lowest BCUT2D eigenvalue weighted by Gasteiger charge is -2.26. The Hall–Kier alpha value is -1.02. The fourth-order valence-electron chi connectivity index (χ4n) is 2.76. The fraction of sp³-hybridized carbons (Fsp3) is 0.538. The number of benzene rings is 1. The van der Waals surface area contributed by atoms with E-state index in [2.05, 4.69) is 19.9 Å². The molecule has 0 fully saturated rings. The molecule has 2 N–H and O–H groups in total. The lowest BCUT2D eigenvalue weighted by atomic mass is 9.84. The standard InChI is InChI=1S/C13H19NO/c1-8-7-10-5-4-6-11(14)12(10)9(2)13(8)15-3/h7,11H,4-6,14H2,1-3H3/t11-/m1/s1. The summed E-state index contributed by atoms with van der Waals surface area (Å²) < 4.78 is 5.43. The van der Waals surface area contributed by atoms with Gasteiger partial charge in [-0.15, -0.1) is 0 Å². The average molecular weight is 205 g/mol. The molecule has 0 heterocycles. The number of hydrogen-bond donors (Lipinski definition) is 1. The normalized spacial score (nSPS) is 19.9. The van der Waals surface area contributed by atoms with Gasteiger partial charge in [-0.3, -0.25) is 0 Å². The molecule has 0 saturated heterocycles. The smallest absolute Gasteiger partial charge is 0.125 e. The second-order valence-corrected chi connectivity index (χ2v) is 4.42. The first-order valence-corrected chi connectivity index (χ1v) is 5.57. The quantitative estimate of drug-likeness (QED) is 0.765. The molecule has 2 heteroatoms. The number of nitrogens with two attached hydrogens (primary N) is 1. The Balaban J connectivity index is 2.62. The highest BCUT2D eigenvalue weighted by atomic mass is 16.5. The van der Waals surface area contributed by atoms with Crippen LogP contribution in [0.3, 0.4) is 0 Å². The Labute approximate surface area is 91.4 Å². The molecule has 1 aromatic carbocycles. The first-order valence-electron chi connectivity index (χ1n) is 5.57. The van der Waals surface area contributed by atoms with E-state index in [0.717, 1.165) is 18.6 Å². The summed E-state index contributed by atoms with van der Waals surface area (Å²) in [4.78, 5) is 0. The number of hydrogen-bond acceptors (Lipinski definition) is 2. The largest absolute Gasteiger partial charge is 0.496 e. The lowest BCUT2D eigenvalue weighted by Crippen LogP contribution is -2.19. The molecule has 0 aromatic heterocycles. The maximum atomic E-state index is 6.17. The van der Waals surface area contributed by atoms with Gasteiger partial charge in [0.25, 0.3) is 0 Å².